The molecule has 1 aromatic heterocycles. The molecule has 0 aliphatic heterocycles. The molecule has 5 heteroatoms. The van der Waals surface area contributed by atoms with E-state index in [9.17, 15) is 4.79 Å². The van der Waals surface area contributed by atoms with Gasteiger partial charge in [0.25, 0.3) is 5.91 Å². The minimum absolute atomic E-state index is 0.262. The van der Waals surface area contributed by atoms with Crippen LogP contribution in [0.4, 0.5) is 0 Å². The van der Waals surface area contributed by atoms with Crippen LogP contribution in [-0.4, -0.2) is 24.1 Å². The van der Waals surface area contributed by atoms with Gasteiger partial charge in [0.2, 0.25) is 0 Å². The summed E-state index contributed by atoms with van der Waals surface area (Å²) in [7, 11) is 0. The predicted octanol–water partition coefficient (Wildman–Crippen LogP) is 0.903. The Labute approximate surface area is 87.7 Å². The van der Waals surface area contributed by atoms with Gasteiger partial charge in [-0.1, -0.05) is 6.58 Å². The summed E-state index contributed by atoms with van der Waals surface area (Å²) >= 11 is 0. The van der Waals surface area contributed by atoms with Crippen molar-refractivity contribution < 1.29 is 14.4 Å². The normalized spacial score (nSPS) is 9.33. The van der Waals surface area contributed by atoms with Crippen molar-refractivity contribution in [2.45, 2.75) is 0 Å². The lowest BCUT2D eigenvalue weighted by molar-refractivity contribution is 0.0144. The number of carbonyl (C=O) groups is 1. The van der Waals surface area contributed by atoms with Crippen LogP contribution in [0.3, 0.4) is 0 Å². The second kappa shape index (κ2) is 6.56. The molecular formula is C10H12N2O3. The molecule has 0 bridgehead atoms. The van der Waals surface area contributed by atoms with Crippen LogP contribution in [0.2, 0.25) is 0 Å². The Morgan fingerprint density at radius 3 is 3.13 bits per heavy atom. The van der Waals surface area contributed by atoms with Gasteiger partial charge in [0, 0.05) is 12.4 Å². The summed E-state index contributed by atoms with van der Waals surface area (Å²) in [6.07, 6.45) is 4.36. The van der Waals surface area contributed by atoms with E-state index in [2.05, 4.69) is 17.0 Å². The largest absolute Gasteiger partial charge is 0.499 e. The first kappa shape index (κ1) is 11.2. The van der Waals surface area contributed by atoms with Crippen LogP contribution < -0.4 is 5.48 Å². The number of rotatable bonds is 6. The number of pyridine rings is 1. The maximum Gasteiger partial charge on any atom is 0.276 e. The number of amides is 1. The van der Waals surface area contributed by atoms with Crippen LogP contribution in [-0.2, 0) is 9.57 Å². The lowest BCUT2D eigenvalue weighted by atomic mass is 10.3. The van der Waals surface area contributed by atoms with E-state index in [4.69, 9.17) is 9.57 Å². The number of carbonyl (C=O) groups excluding carboxylic acids is 1. The summed E-state index contributed by atoms with van der Waals surface area (Å²) < 4.78 is 4.80. The molecule has 0 radical (unpaired) electrons. The van der Waals surface area contributed by atoms with Crippen LogP contribution in [0, 0.1) is 0 Å². The van der Waals surface area contributed by atoms with Crippen LogP contribution in [0.15, 0.2) is 37.4 Å². The number of nitrogens with zero attached hydrogens (tertiary/aromatic N) is 1. The van der Waals surface area contributed by atoms with Crippen molar-refractivity contribution in [2.75, 3.05) is 13.2 Å². The van der Waals surface area contributed by atoms with E-state index in [1.54, 1.807) is 18.3 Å². The topological polar surface area (TPSA) is 60.5 Å². The molecule has 0 fully saturated rings. The average molecular weight is 208 g/mol. The molecule has 0 aliphatic rings. The molecule has 1 amide bonds. The van der Waals surface area contributed by atoms with Crippen molar-refractivity contribution in [3.63, 3.8) is 0 Å². The summed E-state index contributed by atoms with van der Waals surface area (Å²) in [5, 5.41) is 0. The lowest BCUT2D eigenvalue weighted by Crippen LogP contribution is -2.25. The number of hydroxylamine groups is 1. The zero-order valence-electron chi connectivity index (χ0n) is 8.18. The Balaban J connectivity index is 2.22. The van der Waals surface area contributed by atoms with Crippen molar-refractivity contribution in [2.24, 2.45) is 0 Å². The van der Waals surface area contributed by atoms with Gasteiger partial charge in [-0.15, -0.1) is 0 Å². The van der Waals surface area contributed by atoms with E-state index in [0.717, 1.165) is 0 Å². The molecule has 1 aromatic rings. The van der Waals surface area contributed by atoms with Gasteiger partial charge in [-0.25, -0.2) is 5.48 Å². The Hall–Kier alpha value is -1.88. The summed E-state index contributed by atoms with van der Waals surface area (Å²) in [4.78, 5) is 20.0. The highest BCUT2D eigenvalue weighted by Crippen LogP contribution is 1.94. The fourth-order valence-corrected chi connectivity index (χ4v) is 0.846. The van der Waals surface area contributed by atoms with Gasteiger partial charge in [-0.3, -0.25) is 14.6 Å². The zero-order valence-corrected chi connectivity index (χ0v) is 8.18. The van der Waals surface area contributed by atoms with E-state index in [0.29, 0.717) is 12.2 Å². The summed E-state index contributed by atoms with van der Waals surface area (Å²) in [5.74, 6) is -0.332. The molecule has 0 saturated carbocycles. The predicted molar refractivity (Wildman–Crippen MR) is 53.8 cm³/mol. The summed E-state index contributed by atoms with van der Waals surface area (Å²) in [5.41, 5.74) is 2.71. The number of hydrogen-bond acceptors (Lipinski definition) is 4. The van der Waals surface area contributed by atoms with Gasteiger partial charge < -0.3 is 4.74 Å². The zero-order chi connectivity index (χ0) is 10.9. The molecular weight excluding hydrogens is 196 g/mol. The summed E-state index contributed by atoms with van der Waals surface area (Å²) in [6.45, 7) is 3.97. The first-order valence-corrected chi connectivity index (χ1v) is 4.39. The lowest BCUT2D eigenvalue weighted by Gasteiger charge is -2.04. The van der Waals surface area contributed by atoms with Gasteiger partial charge >= 0.3 is 0 Å². The molecule has 1 heterocycles. The Bertz CT molecular complexity index is 314. The van der Waals surface area contributed by atoms with E-state index >= 15 is 0 Å². The average Bonchev–Trinajstić information content (AvgIpc) is 2.30. The third-order valence-electron chi connectivity index (χ3n) is 1.51. The first-order valence-electron chi connectivity index (χ1n) is 4.39. The highest BCUT2D eigenvalue weighted by atomic mass is 16.7. The van der Waals surface area contributed by atoms with E-state index in [1.807, 2.05) is 0 Å². The molecule has 80 valence electrons. The minimum atomic E-state index is -0.332. The molecule has 5 nitrogen and oxygen atoms in total. The van der Waals surface area contributed by atoms with Gasteiger partial charge in [0.05, 0.1) is 11.8 Å². The molecule has 1 rings (SSSR count). The number of aromatic nitrogens is 1. The first-order chi connectivity index (χ1) is 7.34. The number of hydrogen-bond donors (Lipinski definition) is 1. The highest BCUT2D eigenvalue weighted by Gasteiger charge is 2.03. The van der Waals surface area contributed by atoms with Crippen LogP contribution >= 0.6 is 0 Å². The minimum Gasteiger partial charge on any atom is -0.499 e. The van der Waals surface area contributed by atoms with Crippen molar-refractivity contribution in [1.82, 2.24) is 10.5 Å². The fraction of sp³-hybridized carbons (Fsp3) is 0.200. The second-order valence-electron chi connectivity index (χ2n) is 2.56. The molecule has 0 aromatic carbocycles. The number of ether oxygens (including phenoxy) is 1. The Kier molecular flexibility index (Phi) is 4.89. The SMILES string of the molecule is C=COCCONC(=O)c1cccnc1. The highest BCUT2D eigenvalue weighted by molar-refractivity contribution is 5.92. The third kappa shape index (κ3) is 4.24. The number of nitrogens with one attached hydrogen (secondary N) is 1. The van der Waals surface area contributed by atoms with Crippen LogP contribution in [0.5, 0.6) is 0 Å². The molecule has 0 atom stereocenters. The van der Waals surface area contributed by atoms with Crippen LogP contribution in [0.25, 0.3) is 0 Å². The van der Waals surface area contributed by atoms with Gasteiger partial charge in [-0.05, 0) is 12.1 Å². The van der Waals surface area contributed by atoms with E-state index in [-0.39, 0.29) is 12.5 Å². The smallest absolute Gasteiger partial charge is 0.276 e. The maximum atomic E-state index is 11.3. The van der Waals surface area contributed by atoms with Gasteiger partial charge in [0.15, 0.2) is 0 Å². The van der Waals surface area contributed by atoms with Gasteiger partial charge in [0.1, 0.15) is 13.2 Å². The molecule has 0 unspecified atom stereocenters. The van der Waals surface area contributed by atoms with Crippen molar-refractivity contribution in [3.05, 3.63) is 42.9 Å². The van der Waals surface area contributed by atoms with Crippen molar-refractivity contribution in [1.29, 1.82) is 0 Å². The quantitative estimate of drug-likeness (QED) is 0.428. The van der Waals surface area contributed by atoms with Gasteiger partial charge in [-0.2, -0.15) is 0 Å². The molecule has 0 aliphatic carbocycles. The maximum absolute atomic E-state index is 11.3. The summed E-state index contributed by atoms with van der Waals surface area (Å²) in [6, 6.07) is 3.32. The fourth-order valence-electron chi connectivity index (χ4n) is 0.846. The Morgan fingerprint density at radius 2 is 2.47 bits per heavy atom. The monoisotopic (exact) mass is 208 g/mol. The van der Waals surface area contributed by atoms with Crippen molar-refractivity contribution in [3.8, 4) is 0 Å². The molecule has 0 saturated heterocycles. The third-order valence-corrected chi connectivity index (χ3v) is 1.51. The van der Waals surface area contributed by atoms with Crippen molar-refractivity contribution >= 4 is 5.91 Å². The molecule has 15 heavy (non-hydrogen) atoms. The van der Waals surface area contributed by atoms with Crippen LogP contribution in [0.1, 0.15) is 10.4 Å². The molecule has 0 spiro atoms. The molecule has 1 N–H and O–H groups in total. The van der Waals surface area contributed by atoms with E-state index < -0.39 is 0 Å². The van der Waals surface area contributed by atoms with E-state index in [1.165, 1.54) is 12.5 Å². The Morgan fingerprint density at radius 1 is 1.60 bits per heavy atom. The second-order valence-corrected chi connectivity index (χ2v) is 2.56. The standard InChI is InChI=1S/C10H12N2O3/c1-2-14-6-7-15-12-10(13)9-4-3-5-11-8-9/h2-5,8H,1,6-7H2,(H,12,13).